The van der Waals surface area contributed by atoms with E-state index in [-0.39, 0.29) is 30.7 Å². The quantitative estimate of drug-likeness (QED) is 0.296. The van der Waals surface area contributed by atoms with E-state index in [0.717, 1.165) is 46.2 Å². The van der Waals surface area contributed by atoms with Crippen molar-refractivity contribution in [2.24, 2.45) is 0 Å². The van der Waals surface area contributed by atoms with Crippen LogP contribution in [0.1, 0.15) is 47.6 Å². The molecule has 0 bridgehead atoms. The first-order valence-corrected chi connectivity index (χ1v) is 13.6. The number of benzene rings is 3. The van der Waals surface area contributed by atoms with Gasteiger partial charge in [-0.3, -0.25) is 14.4 Å². The first kappa shape index (κ1) is 26.5. The van der Waals surface area contributed by atoms with Gasteiger partial charge in [-0.25, -0.2) is 5.06 Å². The number of hydrogen-bond donors (Lipinski definition) is 2. The molecule has 0 saturated carbocycles. The van der Waals surface area contributed by atoms with Gasteiger partial charge in [0.15, 0.2) is 0 Å². The number of amides is 2. The van der Waals surface area contributed by atoms with E-state index in [1.54, 1.807) is 7.05 Å². The van der Waals surface area contributed by atoms with E-state index in [2.05, 4.69) is 51.6 Å². The molecule has 0 aliphatic carbocycles. The number of para-hydroxylation sites is 1. The normalized spacial score (nSPS) is 14.3. The highest BCUT2D eigenvalue weighted by atomic mass is 16.7. The van der Waals surface area contributed by atoms with Crippen molar-refractivity contribution in [3.63, 3.8) is 0 Å². The minimum atomic E-state index is -0.259. The number of H-pyrrole nitrogens is 1. The molecule has 2 amide bonds. The summed E-state index contributed by atoms with van der Waals surface area (Å²) < 4.78 is 0. The van der Waals surface area contributed by atoms with Gasteiger partial charge in [-0.15, -0.1) is 0 Å². The van der Waals surface area contributed by atoms with Crippen molar-refractivity contribution in [3.05, 3.63) is 101 Å². The predicted molar refractivity (Wildman–Crippen MR) is 154 cm³/mol. The van der Waals surface area contributed by atoms with Gasteiger partial charge in [-0.1, -0.05) is 54.6 Å². The van der Waals surface area contributed by atoms with Gasteiger partial charge >= 0.3 is 0 Å². The summed E-state index contributed by atoms with van der Waals surface area (Å²) in [5.74, 6) is -0.191. The fourth-order valence-corrected chi connectivity index (χ4v) is 5.40. The number of hydrogen-bond acceptors (Lipinski definition) is 4. The second-order valence-electron chi connectivity index (χ2n) is 10.1. The van der Waals surface area contributed by atoms with Crippen molar-refractivity contribution in [1.29, 1.82) is 0 Å². The fraction of sp³-hybridized carbons (Fsp3) is 0.312. The Labute approximate surface area is 229 Å². The van der Waals surface area contributed by atoms with Crippen LogP contribution in [0.2, 0.25) is 0 Å². The molecular weight excluding hydrogens is 488 g/mol. The number of rotatable bonds is 9. The molecule has 1 aliphatic heterocycles. The van der Waals surface area contributed by atoms with E-state index >= 15 is 0 Å². The van der Waals surface area contributed by atoms with Gasteiger partial charge in [0.25, 0.3) is 0 Å². The number of carbonyl (C=O) groups is 2. The number of piperidine rings is 1. The summed E-state index contributed by atoms with van der Waals surface area (Å²) in [5, 5.41) is 5.50. The molecule has 1 atom stereocenters. The Bertz CT molecular complexity index is 1430. The third-order valence-electron chi connectivity index (χ3n) is 7.55. The Morgan fingerprint density at radius 3 is 2.49 bits per heavy atom. The van der Waals surface area contributed by atoms with E-state index in [1.807, 2.05) is 42.6 Å². The highest BCUT2D eigenvalue weighted by Gasteiger charge is 2.23. The van der Waals surface area contributed by atoms with Gasteiger partial charge in [0.05, 0.1) is 26.0 Å². The highest BCUT2D eigenvalue weighted by molar-refractivity contribution is 5.90. The van der Waals surface area contributed by atoms with Gasteiger partial charge < -0.3 is 15.2 Å². The highest BCUT2D eigenvalue weighted by Crippen LogP contribution is 2.32. The zero-order chi connectivity index (χ0) is 27.2. The minimum Gasteiger partial charge on any atom is -0.371 e. The first-order valence-electron chi connectivity index (χ1n) is 13.6. The van der Waals surface area contributed by atoms with Crippen molar-refractivity contribution in [1.82, 2.24) is 15.4 Å². The van der Waals surface area contributed by atoms with E-state index in [9.17, 15) is 9.59 Å². The summed E-state index contributed by atoms with van der Waals surface area (Å²) in [7, 11) is 3.07. The summed E-state index contributed by atoms with van der Waals surface area (Å²) in [6, 6.07) is 24.3. The predicted octanol–water partition coefficient (Wildman–Crippen LogP) is 5.17. The molecule has 7 heteroatoms. The Kier molecular flexibility index (Phi) is 8.27. The van der Waals surface area contributed by atoms with Crippen molar-refractivity contribution < 1.29 is 14.4 Å². The number of aromatic nitrogens is 1. The van der Waals surface area contributed by atoms with Gasteiger partial charge in [0.2, 0.25) is 11.8 Å². The maximum absolute atomic E-state index is 13.5. The largest absolute Gasteiger partial charge is 0.371 e. The van der Waals surface area contributed by atoms with Gasteiger partial charge in [0, 0.05) is 48.5 Å². The number of nitrogens with one attached hydrogen (secondary N) is 2. The van der Waals surface area contributed by atoms with Crippen LogP contribution in [0.5, 0.6) is 0 Å². The molecule has 39 heavy (non-hydrogen) atoms. The SMILES string of the molecule is CON(C)C(=O)Cc1c[nH]c2ccc(CC(=O)NC(c3ccccc3)c3ccccc3N3CCCCC3)cc12. The molecule has 0 radical (unpaired) electrons. The lowest BCUT2D eigenvalue weighted by Gasteiger charge is -2.33. The fourth-order valence-electron chi connectivity index (χ4n) is 5.40. The Morgan fingerprint density at radius 1 is 0.974 bits per heavy atom. The standard InChI is InChI=1S/C32H36N4O3/c1-35(39-2)31(38)21-25-22-33-28-16-15-23(19-27(25)28)20-30(37)34-32(24-11-5-3-6-12-24)26-13-7-8-14-29(26)36-17-9-4-10-18-36/h3,5-8,11-16,19,22,32-33H,4,9-10,17-18,20-21H2,1-2H3,(H,34,37). The van der Waals surface area contributed by atoms with Gasteiger partial charge in [-0.05, 0) is 54.2 Å². The third kappa shape index (κ3) is 6.15. The van der Waals surface area contributed by atoms with Crippen LogP contribution >= 0.6 is 0 Å². The van der Waals surface area contributed by atoms with Crippen LogP contribution in [0.3, 0.4) is 0 Å². The maximum Gasteiger partial charge on any atom is 0.250 e. The third-order valence-corrected chi connectivity index (χ3v) is 7.55. The average Bonchev–Trinajstić information content (AvgIpc) is 3.38. The van der Waals surface area contributed by atoms with Crippen LogP contribution in [-0.2, 0) is 27.3 Å². The molecule has 7 nitrogen and oxygen atoms in total. The summed E-state index contributed by atoms with van der Waals surface area (Å²) >= 11 is 0. The van der Waals surface area contributed by atoms with Gasteiger partial charge in [0.1, 0.15) is 0 Å². The summed E-state index contributed by atoms with van der Waals surface area (Å²) in [5.41, 5.74) is 6.06. The van der Waals surface area contributed by atoms with Crippen LogP contribution in [-0.4, -0.2) is 49.1 Å². The van der Waals surface area contributed by atoms with Crippen molar-refractivity contribution in [2.45, 2.75) is 38.1 Å². The number of carbonyl (C=O) groups excluding carboxylic acids is 2. The van der Waals surface area contributed by atoms with E-state index in [0.29, 0.717) is 0 Å². The maximum atomic E-state index is 13.5. The zero-order valence-electron chi connectivity index (χ0n) is 22.7. The van der Waals surface area contributed by atoms with Crippen molar-refractivity contribution >= 4 is 28.4 Å². The number of fused-ring (bicyclic) bond motifs is 1. The molecular formula is C32H36N4O3. The molecule has 1 saturated heterocycles. The minimum absolute atomic E-state index is 0.0519. The lowest BCUT2D eigenvalue weighted by atomic mass is 9.95. The monoisotopic (exact) mass is 524 g/mol. The molecule has 2 N–H and O–H groups in total. The van der Waals surface area contributed by atoms with Gasteiger partial charge in [-0.2, -0.15) is 0 Å². The van der Waals surface area contributed by atoms with Crippen LogP contribution in [0.4, 0.5) is 5.69 Å². The van der Waals surface area contributed by atoms with E-state index in [1.165, 1.54) is 37.1 Å². The Balaban J connectivity index is 1.39. The Hall–Kier alpha value is -4.10. The number of anilines is 1. The summed E-state index contributed by atoms with van der Waals surface area (Å²) in [6.07, 6.45) is 5.94. The number of likely N-dealkylation sites (N-methyl/N-ethyl adjacent to an activating group) is 1. The zero-order valence-corrected chi connectivity index (χ0v) is 22.7. The van der Waals surface area contributed by atoms with Crippen molar-refractivity contribution in [3.8, 4) is 0 Å². The second-order valence-corrected chi connectivity index (χ2v) is 10.1. The molecule has 3 aromatic carbocycles. The average molecular weight is 525 g/mol. The molecule has 0 spiro atoms. The van der Waals surface area contributed by atoms with Crippen molar-refractivity contribution in [2.75, 3.05) is 32.1 Å². The summed E-state index contributed by atoms with van der Waals surface area (Å²) in [4.78, 5) is 36.6. The first-order chi connectivity index (χ1) is 19.0. The molecule has 202 valence electrons. The molecule has 2 heterocycles. The van der Waals surface area contributed by atoms with Crippen LogP contribution in [0.25, 0.3) is 10.9 Å². The lowest BCUT2D eigenvalue weighted by Crippen LogP contribution is -2.34. The Morgan fingerprint density at radius 2 is 1.72 bits per heavy atom. The summed E-state index contributed by atoms with van der Waals surface area (Å²) in [6.45, 7) is 2.07. The molecule has 1 unspecified atom stereocenters. The number of nitrogens with zero attached hydrogens (tertiary/aromatic N) is 2. The molecule has 1 aliphatic rings. The number of hydroxylamine groups is 2. The molecule has 1 aromatic heterocycles. The molecule has 5 rings (SSSR count). The van der Waals surface area contributed by atoms with Crippen LogP contribution in [0.15, 0.2) is 79.0 Å². The second kappa shape index (κ2) is 12.2. The molecule has 1 fully saturated rings. The molecule has 4 aromatic rings. The van der Waals surface area contributed by atoms with E-state index in [4.69, 9.17) is 4.84 Å². The topological polar surface area (TPSA) is 77.7 Å². The lowest BCUT2D eigenvalue weighted by molar-refractivity contribution is -0.167. The van der Waals surface area contributed by atoms with Crippen LogP contribution in [0, 0.1) is 0 Å². The smallest absolute Gasteiger partial charge is 0.250 e. The number of aromatic amines is 1. The van der Waals surface area contributed by atoms with Crippen LogP contribution < -0.4 is 10.2 Å². The van der Waals surface area contributed by atoms with E-state index < -0.39 is 0 Å².